The zero-order chi connectivity index (χ0) is 18.1. The molecule has 1 aromatic rings. The minimum absolute atomic E-state index is 0.331. The molecular weight excluding hydrogens is 320 g/mol. The molecule has 25 heavy (non-hydrogen) atoms. The summed E-state index contributed by atoms with van der Waals surface area (Å²) in [6.07, 6.45) is 6.80. The van der Waals surface area contributed by atoms with Crippen LogP contribution in [0.15, 0.2) is 12.1 Å². The van der Waals surface area contributed by atoms with Gasteiger partial charge in [0.15, 0.2) is 0 Å². The number of phenols is 2. The summed E-state index contributed by atoms with van der Waals surface area (Å²) in [6, 6.07) is 3.19. The lowest BCUT2D eigenvalue weighted by Crippen LogP contribution is -2.06. The molecule has 0 bridgehead atoms. The molecule has 0 aliphatic carbocycles. The Hall–Kier alpha value is -1.30. The van der Waals surface area contributed by atoms with Crippen LogP contribution in [0.25, 0.3) is 0 Å². The highest BCUT2D eigenvalue weighted by Crippen LogP contribution is 2.31. The van der Waals surface area contributed by atoms with Crippen LogP contribution in [-0.2, 0) is 27.1 Å². The molecule has 0 saturated carbocycles. The van der Waals surface area contributed by atoms with Crippen molar-refractivity contribution in [1.82, 2.24) is 0 Å². The van der Waals surface area contributed by atoms with Gasteiger partial charge in [0.2, 0.25) is 0 Å². The maximum atomic E-state index is 9.83. The quantitative estimate of drug-likeness (QED) is 0.497. The normalized spacial score (nSPS) is 20.7. The fraction of sp³-hybridized carbons (Fsp3) is 0.700. The van der Waals surface area contributed by atoms with Gasteiger partial charge in [-0.15, -0.1) is 0 Å². The lowest BCUT2D eigenvalue weighted by Gasteiger charge is -2.12. The van der Waals surface area contributed by atoms with Gasteiger partial charge in [-0.25, -0.2) is 0 Å². The van der Waals surface area contributed by atoms with Crippen LogP contribution in [0, 0.1) is 0 Å². The lowest BCUT2D eigenvalue weighted by atomic mass is 9.96. The number of rotatable bonds is 10. The topological polar surface area (TPSA) is 74.8 Å². The standard InChI is InChI=1S/C14H22O2.C6H10O3/c1-3-5-7-11-12(8-6-4-2)14(16)10-9-13(11)15;1(5-3-8-5)7-2-6-4-9-6/h9-10,15-16H,3-8H2,1-2H3;5-6H,1-4H2. The monoisotopic (exact) mass is 352 g/mol. The SMILES string of the molecule is C(OCC1CO1)C1CO1.CCCCc1c(O)ccc(O)c1CCCC. The Labute approximate surface area is 150 Å². The van der Waals surface area contributed by atoms with E-state index in [-0.39, 0.29) is 0 Å². The molecule has 142 valence electrons. The fourth-order valence-corrected chi connectivity index (χ4v) is 2.59. The van der Waals surface area contributed by atoms with Gasteiger partial charge in [0.05, 0.1) is 26.4 Å². The van der Waals surface area contributed by atoms with E-state index in [9.17, 15) is 10.2 Å². The Morgan fingerprint density at radius 1 is 0.880 bits per heavy atom. The van der Waals surface area contributed by atoms with Crippen molar-refractivity contribution in [1.29, 1.82) is 0 Å². The van der Waals surface area contributed by atoms with Crippen LogP contribution >= 0.6 is 0 Å². The van der Waals surface area contributed by atoms with Crippen molar-refractivity contribution in [3.63, 3.8) is 0 Å². The summed E-state index contributed by atoms with van der Waals surface area (Å²) in [7, 11) is 0. The van der Waals surface area contributed by atoms with Gasteiger partial charge in [-0.05, 0) is 37.8 Å². The molecule has 1 aromatic carbocycles. The Morgan fingerprint density at radius 3 is 1.60 bits per heavy atom. The molecule has 0 amide bonds. The molecule has 3 rings (SSSR count). The van der Waals surface area contributed by atoms with E-state index >= 15 is 0 Å². The van der Waals surface area contributed by atoms with E-state index in [4.69, 9.17) is 14.2 Å². The number of unbranched alkanes of at least 4 members (excludes halogenated alkanes) is 2. The van der Waals surface area contributed by atoms with E-state index in [1.807, 2.05) is 0 Å². The third-order valence-electron chi connectivity index (χ3n) is 4.35. The zero-order valence-corrected chi connectivity index (χ0v) is 15.5. The Morgan fingerprint density at radius 2 is 1.28 bits per heavy atom. The second-order valence-electron chi connectivity index (χ2n) is 6.72. The van der Waals surface area contributed by atoms with Crippen LogP contribution in [0.4, 0.5) is 0 Å². The van der Waals surface area contributed by atoms with Gasteiger partial charge in [-0.1, -0.05) is 26.7 Å². The molecule has 0 spiro atoms. The molecule has 2 aliphatic heterocycles. The van der Waals surface area contributed by atoms with E-state index in [2.05, 4.69) is 13.8 Å². The van der Waals surface area contributed by atoms with Crippen LogP contribution in [0.3, 0.4) is 0 Å². The average molecular weight is 352 g/mol. The Balaban J connectivity index is 0.000000208. The summed E-state index contributed by atoms with van der Waals surface area (Å²) < 4.78 is 15.1. The minimum Gasteiger partial charge on any atom is -0.508 e. The van der Waals surface area contributed by atoms with E-state index in [1.54, 1.807) is 12.1 Å². The molecule has 2 fully saturated rings. The number of benzene rings is 1. The highest BCUT2D eigenvalue weighted by molar-refractivity contribution is 5.47. The smallest absolute Gasteiger partial charge is 0.119 e. The fourth-order valence-electron chi connectivity index (χ4n) is 2.59. The number of aromatic hydroxyl groups is 2. The van der Waals surface area contributed by atoms with E-state index < -0.39 is 0 Å². The number of hydrogen-bond donors (Lipinski definition) is 2. The Kier molecular flexibility index (Phi) is 8.52. The predicted octanol–water partition coefficient (Wildman–Crippen LogP) is 3.58. The molecule has 5 nitrogen and oxygen atoms in total. The minimum atomic E-state index is 0.331. The first-order chi connectivity index (χ1) is 12.2. The first kappa shape index (κ1) is 20.0. The highest BCUT2D eigenvalue weighted by Gasteiger charge is 2.26. The third-order valence-corrected chi connectivity index (χ3v) is 4.35. The van der Waals surface area contributed by atoms with Gasteiger partial charge in [0, 0.05) is 11.1 Å². The first-order valence-electron chi connectivity index (χ1n) is 9.49. The van der Waals surface area contributed by atoms with E-state index in [0.717, 1.165) is 76.1 Å². The van der Waals surface area contributed by atoms with E-state index in [0.29, 0.717) is 23.7 Å². The molecule has 2 aliphatic rings. The van der Waals surface area contributed by atoms with Crippen LogP contribution < -0.4 is 0 Å². The number of phenolic OH excluding ortho intramolecular Hbond substituents is 2. The van der Waals surface area contributed by atoms with Gasteiger partial charge in [0.1, 0.15) is 23.7 Å². The zero-order valence-electron chi connectivity index (χ0n) is 15.5. The van der Waals surface area contributed by atoms with Crippen molar-refractivity contribution in [3.8, 4) is 11.5 Å². The van der Waals surface area contributed by atoms with Crippen LogP contribution in [0.1, 0.15) is 50.7 Å². The largest absolute Gasteiger partial charge is 0.508 e. The molecule has 2 N–H and O–H groups in total. The van der Waals surface area contributed by atoms with Gasteiger partial charge in [-0.2, -0.15) is 0 Å². The number of hydrogen-bond acceptors (Lipinski definition) is 5. The molecule has 2 saturated heterocycles. The summed E-state index contributed by atoms with van der Waals surface area (Å²) in [5.74, 6) is 0.662. The number of epoxide rings is 2. The van der Waals surface area contributed by atoms with Crippen molar-refractivity contribution in [2.75, 3.05) is 26.4 Å². The molecule has 5 heteroatoms. The van der Waals surface area contributed by atoms with Crippen LogP contribution in [0.5, 0.6) is 11.5 Å². The summed E-state index contributed by atoms with van der Waals surface area (Å²) in [4.78, 5) is 0. The molecule has 0 radical (unpaired) electrons. The number of ether oxygens (including phenoxy) is 3. The van der Waals surface area contributed by atoms with Crippen LogP contribution in [-0.4, -0.2) is 48.8 Å². The highest BCUT2D eigenvalue weighted by atomic mass is 16.6. The van der Waals surface area contributed by atoms with Gasteiger partial charge < -0.3 is 24.4 Å². The molecule has 2 atom stereocenters. The summed E-state index contributed by atoms with van der Waals surface area (Å²) in [6.45, 7) is 7.52. The van der Waals surface area contributed by atoms with E-state index in [1.165, 1.54) is 0 Å². The average Bonchev–Trinajstić information content (AvgIpc) is 3.50. The van der Waals surface area contributed by atoms with Crippen molar-refractivity contribution in [2.45, 2.75) is 64.6 Å². The van der Waals surface area contributed by atoms with Gasteiger partial charge in [0.25, 0.3) is 0 Å². The predicted molar refractivity (Wildman–Crippen MR) is 97.3 cm³/mol. The van der Waals surface area contributed by atoms with Crippen molar-refractivity contribution < 1.29 is 24.4 Å². The third kappa shape index (κ3) is 7.63. The maximum Gasteiger partial charge on any atom is 0.119 e. The summed E-state index contributed by atoms with van der Waals surface area (Å²) >= 11 is 0. The van der Waals surface area contributed by atoms with Gasteiger partial charge >= 0.3 is 0 Å². The second kappa shape index (κ2) is 10.6. The maximum absolute atomic E-state index is 9.83. The molecular formula is C20H32O5. The summed E-state index contributed by atoms with van der Waals surface area (Å²) in [5.41, 5.74) is 1.88. The van der Waals surface area contributed by atoms with Crippen molar-refractivity contribution >= 4 is 0 Å². The molecule has 0 aromatic heterocycles. The van der Waals surface area contributed by atoms with Crippen molar-refractivity contribution in [3.05, 3.63) is 23.3 Å². The molecule has 2 heterocycles. The Bertz CT molecular complexity index is 464. The van der Waals surface area contributed by atoms with Gasteiger partial charge in [-0.3, -0.25) is 0 Å². The second-order valence-corrected chi connectivity index (χ2v) is 6.72. The lowest BCUT2D eigenvalue weighted by molar-refractivity contribution is 0.102. The van der Waals surface area contributed by atoms with Crippen LogP contribution in [0.2, 0.25) is 0 Å². The first-order valence-corrected chi connectivity index (χ1v) is 9.49. The molecule has 2 unspecified atom stereocenters. The summed E-state index contributed by atoms with van der Waals surface area (Å²) in [5, 5.41) is 19.7. The van der Waals surface area contributed by atoms with Crippen molar-refractivity contribution in [2.24, 2.45) is 0 Å².